The van der Waals surface area contributed by atoms with Crippen LogP contribution in [-0.4, -0.2) is 16.1 Å². The van der Waals surface area contributed by atoms with Gasteiger partial charge in [0.25, 0.3) is 5.91 Å². The van der Waals surface area contributed by atoms with Gasteiger partial charge in [-0.1, -0.05) is 6.07 Å². The Bertz CT molecular complexity index is 508. The molecule has 2 aromatic heterocycles. The average Bonchev–Trinajstić information content (AvgIpc) is 2.87. The fourth-order valence-corrected chi connectivity index (χ4v) is 1.67. The van der Waals surface area contributed by atoms with Crippen molar-refractivity contribution < 1.29 is 4.79 Å². The number of hydrogen-bond acceptors (Lipinski definition) is 4. The monoisotopic (exact) mass is 218 g/mol. The fourth-order valence-electron chi connectivity index (χ4n) is 1.05. The zero-order valence-electron chi connectivity index (χ0n) is 7.52. The molecule has 0 unspecified atom stereocenters. The second-order valence-electron chi connectivity index (χ2n) is 2.70. The highest BCUT2D eigenvalue weighted by molar-refractivity contribution is 7.12. The highest BCUT2D eigenvalue weighted by Gasteiger charge is 2.10. The Hall–Kier alpha value is -2.13. The SMILES string of the molecule is N#Cc1cn[nH]c1NC(=O)c1cccs1. The lowest BCUT2D eigenvalue weighted by Crippen LogP contribution is -2.11. The molecule has 5 nitrogen and oxygen atoms in total. The Morgan fingerprint density at radius 3 is 3.20 bits per heavy atom. The lowest BCUT2D eigenvalue weighted by molar-refractivity contribution is 0.103. The number of nitrogens with one attached hydrogen (secondary N) is 2. The molecule has 0 saturated heterocycles. The summed E-state index contributed by atoms with van der Waals surface area (Å²) in [6, 6.07) is 5.42. The van der Waals surface area contributed by atoms with Crippen LogP contribution in [0.1, 0.15) is 15.2 Å². The number of aromatic nitrogens is 2. The lowest BCUT2D eigenvalue weighted by atomic mass is 10.3. The van der Waals surface area contributed by atoms with Crippen molar-refractivity contribution in [2.24, 2.45) is 0 Å². The number of nitriles is 1. The molecule has 0 bridgehead atoms. The quantitative estimate of drug-likeness (QED) is 0.803. The molecular formula is C9H6N4OS. The van der Waals surface area contributed by atoms with Gasteiger partial charge in [-0.3, -0.25) is 9.89 Å². The van der Waals surface area contributed by atoms with E-state index in [1.165, 1.54) is 17.5 Å². The van der Waals surface area contributed by atoms with Crippen LogP contribution in [0, 0.1) is 11.3 Å². The summed E-state index contributed by atoms with van der Waals surface area (Å²) in [5.74, 6) is 0.0849. The molecule has 0 fully saturated rings. The summed E-state index contributed by atoms with van der Waals surface area (Å²) >= 11 is 1.34. The molecule has 2 N–H and O–H groups in total. The van der Waals surface area contributed by atoms with Gasteiger partial charge in [0.15, 0.2) is 0 Å². The lowest BCUT2D eigenvalue weighted by Gasteiger charge is -1.99. The van der Waals surface area contributed by atoms with Crippen molar-refractivity contribution >= 4 is 23.1 Å². The standard InChI is InChI=1S/C9H6N4OS/c10-4-6-5-11-13-8(6)12-9(14)7-2-1-3-15-7/h1-3,5H,(H2,11,12,13,14). The van der Waals surface area contributed by atoms with Gasteiger partial charge in [-0.15, -0.1) is 11.3 Å². The minimum atomic E-state index is -0.245. The van der Waals surface area contributed by atoms with Gasteiger partial charge in [0.1, 0.15) is 17.5 Å². The minimum absolute atomic E-state index is 0.245. The number of hydrogen-bond donors (Lipinski definition) is 2. The van der Waals surface area contributed by atoms with E-state index in [-0.39, 0.29) is 5.91 Å². The van der Waals surface area contributed by atoms with Gasteiger partial charge in [-0.2, -0.15) is 10.4 Å². The number of thiophene rings is 1. The van der Waals surface area contributed by atoms with Crippen LogP contribution in [-0.2, 0) is 0 Å². The summed E-state index contributed by atoms with van der Waals surface area (Å²) in [5, 5.41) is 19.3. The molecule has 1 amide bonds. The number of rotatable bonds is 2. The summed E-state index contributed by atoms with van der Waals surface area (Å²) in [4.78, 5) is 12.2. The van der Waals surface area contributed by atoms with Gasteiger partial charge >= 0.3 is 0 Å². The first kappa shape index (κ1) is 9.43. The first-order chi connectivity index (χ1) is 7.31. The Balaban J connectivity index is 2.17. The third-order valence-corrected chi connectivity index (χ3v) is 2.61. The zero-order valence-corrected chi connectivity index (χ0v) is 8.34. The van der Waals surface area contributed by atoms with E-state index < -0.39 is 0 Å². The second kappa shape index (κ2) is 3.94. The van der Waals surface area contributed by atoms with Gasteiger partial charge in [-0.05, 0) is 11.4 Å². The van der Waals surface area contributed by atoms with Crippen molar-refractivity contribution in [2.45, 2.75) is 0 Å². The smallest absolute Gasteiger partial charge is 0.266 e. The first-order valence-electron chi connectivity index (χ1n) is 4.09. The molecule has 0 aromatic carbocycles. The van der Waals surface area contributed by atoms with Crippen LogP contribution in [0.25, 0.3) is 0 Å². The second-order valence-corrected chi connectivity index (χ2v) is 3.65. The molecule has 0 spiro atoms. The molecular weight excluding hydrogens is 212 g/mol. The topological polar surface area (TPSA) is 81.6 Å². The van der Waals surface area contributed by atoms with Crippen molar-refractivity contribution in [1.82, 2.24) is 10.2 Å². The van der Waals surface area contributed by atoms with Crippen LogP contribution in [0.15, 0.2) is 23.7 Å². The Morgan fingerprint density at radius 2 is 2.53 bits per heavy atom. The Morgan fingerprint density at radius 1 is 1.67 bits per heavy atom. The number of nitrogens with zero attached hydrogens (tertiary/aromatic N) is 2. The van der Waals surface area contributed by atoms with Gasteiger partial charge in [0, 0.05) is 0 Å². The van der Waals surface area contributed by atoms with E-state index in [9.17, 15) is 4.79 Å². The number of H-pyrrole nitrogens is 1. The van der Waals surface area contributed by atoms with Crippen molar-refractivity contribution in [2.75, 3.05) is 5.32 Å². The van der Waals surface area contributed by atoms with Crippen LogP contribution in [0.3, 0.4) is 0 Å². The molecule has 0 saturated carbocycles. The number of carbonyl (C=O) groups is 1. The van der Waals surface area contributed by atoms with Gasteiger partial charge in [0.2, 0.25) is 0 Å². The first-order valence-corrected chi connectivity index (χ1v) is 4.97. The van der Waals surface area contributed by atoms with Crippen LogP contribution in [0.4, 0.5) is 5.82 Å². The van der Waals surface area contributed by atoms with E-state index in [4.69, 9.17) is 5.26 Å². The van der Waals surface area contributed by atoms with Gasteiger partial charge in [-0.25, -0.2) is 0 Å². The largest absolute Gasteiger partial charge is 0.305 e. The van der Waals surface area contributed by atoms with E-state index in [2.05, 4.69) is 15.5 Å². The number of amides is 1. The molecule has 0 radical (unpaired) electrons. The third kappa shape index (κ3) is 1.87. The van der Waals surface area contributed by atoms with Crippen LogP contribution in [0.2, 0.25) is 0 Å². The van der Waals surface area contributed by atoms with Crippen molar-refractivity contribution in [3.05, 3.63) is 34.2 Å². The van der Waals surface area contributed by atoms with E-state index >= 15 is 0 Å². The molecule has 15 heavy (non-hydrogen) atoms. The maximum absolute atomic E-state index is 11.6. The molecule has 2 aromatic rings. The number of anilines is 1. The summed E-state index contributed by atoms with van der Waals surface area (Å²) < 4.78 is 0. The Labute approximate surface area is 89.4 Å². The molecule has 2 rings (SSSR count). The molecule has 0 aliphatic carbocycles. The highest BCUT2D eigenvalue weighted by atomic mass is 32.1. The van der Waals surface area contributed by atoms with Crippen molar-refractivity contribution in [1.29, 1.82) is 5.26 Å². The van der Waals surface area contributed by atoms with Crippen LogP contribution >= 0.6 is 11.3 Å². The summed E-state index contributed by atoms with van der Waals surface area (Å²) in [6.07, 6.45) is 1.37. The predicted molar refractivity (Wildman–Crippen MR) is 55.6 cm³/mol. The summed E-state index contributed by atoms with van der Waals surface area (Å²) in [7, 11) is 0. The van der Waals surface area contributed by atoms with E-state index in [0.717, 1.165) is 0 Å². The molecule has 0 aliphatic rings. The summed E-state index contributed by atoms with van der Waals surface area (Å²) in [6.45, 7) is 0. The minimum Gasteiger partial charge on any atom is -0.305 e. The number of carbonyl (C=O) groups excluding carboxylic acids is 1. The van der Waals surface area contributed by atoms with E-state index in [1.807, 2.05) is 11.4 Å². The molecule has 6 heteroatoms. The average molecular weight is 218 g/mol. The zero-order chi connectivity index (χ0) is 10.7. The van der Waals surface area contributed by atoms with E-state index in [1.54, 1.807) is 12.1 Å². The van der Waals surface area contributed by atoms with Crippen LogP contribution in [0.5, 0.6) is 0 Å². The molecule has 2 heterocycles. The highest BCUT2D eigenvalue weighted by Crippen LogP contribution is 2.13. The van der Waals surface area contributed by atoms with E-state index in [0.29, 0.717) is 16.3 Å². The fraction of sp³-hybridized carbons (Fsp3) is 0. The molecule has 0 aliphatic heterocycles. The third-order valence-electron chi connectivity index (χ3n) is 1.74. The maximum Gasteiger partial charge on any atom is 0.266 e. The Kier molecular flexibility index (Phi) is 2.48. The molecule has 74 valence electrons. The van der Waals surface area contributed by atoms with Crippen LogP contribution < -0.4 is 5.32 Å². The van der Waals surface area contributed by atoms with Crippen molar-refractivity contribution in [3.8, 4) is 6.07 Å². The molecule has 0 atom stereocenters. The predicted octanol–water partition coefficient (Wildman–Crippen LogP) is 1.60. The summed E-state index contributed by atoms with van der Waals surface area (Å²) in [5.41, 5.74) is 0.319. The van der Waals surface area contributed by atoms with Gasteiger partial charge in [0.05, 0.1) is 11.1 Å². The normalized spacial score (nSPS) is 9.53. The number of aromatic amines is 1. The van der Waals surface area contributed by atoms with Gasteiger partial charge < -0.3 is 5.32 Å². The van der Waals surface area contributed by atoms with Crippen molar-refractivity contribution in [3.63, 3.8) is 0 Å². The maximum atomic E-state index is 11.6.